The van der Waals surface area contributed by atoms with E-state index in [-0.39, 0.29) is 5.82 Å². The smallest absolute Gasteiger partial charge is 0.129 e. The number of nitrogens with one attached hydrogen (secondary N) is 1. The van der Waals surface area contributed by atoms with Crippen molar-refractivity contribution in [3.05, 3.63) is 58.9 Å². The Morgan fingerprint density at radius 3 is 2.57 bits per heavy atom. The van der Waals surface area contributed by atoms with Crippen molar-refractivity contribution in [1.82, 2.24) is 0 Å². The van der Waals surface area contributed by atoms with Crippen LogP contribution in [0.15, 0.2) is 42.5 Å². The zero-order valence-corrected chi connectivity index (χ0v) is 12.5. The Kier molecular flexibility index (Phi) is 4.30. The van der Waals surface area contributed by atoms with Gasteiger partial charge in [-0.05, 0) is 37.1 Å². The second-order valence-electron chi connectivity index (χ2n) is 5.27. The lowest BCUT2D eigenvalue weighted by atomic mass is 10.2. The van der Waals surface area contributed by atoms with E-state index in [1.807, 2.05) is 18.2 Å². The number of anilines is 2. The van der Waals surface area contributed by atoms with Crippen LogP contribution in [0.4, 0.5) is 15.8 Å². The molecule has 0 radical (unpaired) electrons. The van der Waals surface area contributed by atoms with E-state index < -0.39 is 0 Å². The van der Waals surface area contributed by atoms with Crippen molar-refractivity contribution >= 4 is 23.0 Å². The lowest BCUT2D eigenvalue weighted by Crippen LogP contribution is -2.19. The number of rotatable bonds is 4. The fourth-order valence-electron chi connectivity index (χ4n) is 2.74. The van der Waals surface area contributed by atoms with Gasteiger partial charge in [0.05, 0.1) is 11.4 Å². The monoisotopic (exact) mass is 304 g/mol. The SMILES string of the molecule is Fc1cccc(Cl)c1CNc1ccccc1N1CCCC1. The predicted octanol–water partition coefficient (Wildman–Crippen LogP) is 4.69. The van der Waals surface area contributed by atoms with Crippen molar-refractivity contribution in [3.63, 3.8) is 0 Å². The first kappa shape index (κ1) is 14.2. The molecule has 1 fully saturated rings. The summed E-state index contributed by atoms with van der Waals surface area (Å²) in [5.74, 6) is -0.270. The van der Waals surface area contributed by atoms with Crippen LogP contribution in [0.2, 0.25) is 5.02 Å². The van der Waals surface area contributed by atoms with Crippen molar-refractivity contribution < 1.29 is 4.39 Å². The maximum atomic E-state index is 13.8. The first-order valence-corrected chi connectivity index (χ1v) is 7.64. The van der Waals surface area contributed by atoms with Crippen LogP contribution < -0.4 is 10.2 Å². The summed E-state index contributed by atoms with van der Waals surface area (Å²) in [6, 6.07) is 12.9. The topological polar surface area (TPSA) is 15.3 Å². The number of para-hydroxylation sites is 2. The fraction of sp³-hybridized carbons (Fsp3) is 0.294. The molecule has 0 aromatic heterocycles. The lowest BCUT2D eigenvalue weighted by Gasteiger charge is -2.22. The van der Waals surface area contributed by atoms with Crippen molar-refractivity contribution in [3.8, 4) is 0 Å². The highest BCUT2D eigenvalue weighted by Gasteiger charge is 2.15. The standard InChI is InChI=1S/C17H18ClFN2/c18-14-6-5-7-15(19)13(14)12-20-16-8-1-2-9-17(16)21-10-3-4-11-21/h1-2,5-9,20H,3-4,10-12H2. The molecule has 0 aliphatic carbocycles. The predicted molar refractivity (Wildman–Crippen MR) is 86.6 cm³/mol. The molecule has 2 nitrogen and oxygen atoms in total. The quantitative estimate of drug-likeness (QED) is 0.881. The summed E-state index contributed by atoms with van der Waals surface area (Å²) in [4.78, 5) is 2.37. The van der Waals surface area contributed by atoms with Crippen LogP contribution in [-0.4, -0.2) is 13.1 Å². The third-order valence-corrected chi connectivity index (χ3v) is 4.22. The molecule has 110 valence electrons. The van der Waals surface area contributed by atoms with Gasteiger partial charge in [0, 0.05) is 30.2 Å². The maximum absolute atomic E-state index is 13.8. The van der Waals surface area contributed by atoms with E-state index >= 15 is 0 Å². The van der Waals surface area contributed by atoms with Crippen LogP contribution in [-0.2, 0) is 6.54 Å². The Labute approximate surface area is 129 Å². The summed E-state index contributed by atoms with van der Waals surface area (Å²) in [5.41, 5.74) is 2.72. The minimum Gasteiger partial charge on any atom is -0.379 e. The Morgan fingerprint density at radius 2 is 1.81 bits per heavy atom. The molecule has 0 bridgehead atoms. The molecule has 1 aliphatic rings. The molecular weight excluding hydrogens is 287 g/mol. The number of hydrogen-bond donors (Lipinski definition) is 1. The van der Waals surface area contributed by atoms with Gasteiger partial charge in [-0.2, -0.15) is 0 Å². The van der Waals surface area contributed by atoms with Crippen LogP contribution >= 0.6 is 11.6 Å². The Balaban J connectivity index is 1.79. The number of benzene rings is 2. The third kappa shape index (κ3) is 3.13. The third-order valence-electron chi connectivity index (χ3n) is 3.87. The molecule has 2 aromatic rings. The molecule has 1 saturated heterocycles. The van der Waals surface area contributed by atoms with Crippen LogP contribution in [0.25, 0.3) is 0 Å². The summed E-state index contributed by atoms with van der Waals surface area (Å²) in [6.45, 7) is 2.55. The Bertz CT molecular complexity index is 604. The van der Waals surface area contributed by atoms with Crippen molar-refractivity contribution in [2.45, 2.75) is 19.4 Å². The van der Waals surface area contributed by atoms with Gasteiger partial charge in [-0.3, -0.25) is 0 Å². The maximum Gasteiger partial charge on any atom is 0.129 e. The first-order valence-electron chi connectivity index (χ1n) is 7.26. The molecule has 21 heavy (non-hydrogen) atoms. The van der Waals surface area contributed by atoms with Gasteiger partial charge < -0.3 is 10.2 Å². The Hall–Kier alpha value is -1.74. The van der Waals surface area contributed by atoms with Crippen molar-refractivity contribution in [2.75, 3.05) is 23.3 Å². The number of hydrogen-bond acceptors (Lipinski definition) is 2. The van der Waals surface area contributed by atoms with Crippen LogP contribution in [0, 0.1) is 5.82 Å². The van der Waals surface area contributed by atoms with Gasteiger partial charge >= 0.3 is 0 Å². The summed E-state index contributed by atoms with van der Waals surface area (Å²) in [5, 5.41) is 3.78. The van der Waals surface area contributed by atoms with Crippen LogP contribution in [0.5, 0.6) is 0 Å². The first-order chi connectivity index (χ1) is 10.3. The average molecular weight is 305 g/mol. The molecule has 1 N–H and O–H groups in total. The number of halogens is 2. The molecule has 0 spiro atoms. The van der Waals surface area contributed by atoms with E-state index in [0.717, 1.165) is 18.8 Å². The Morgan fingerprint density at radius 1 is 1.05 bits per heavy atom. The van der Waals surface area contributed by atoms with Gasteiger partial charge in [-0.25, -0.2) is 4.39 Å². The second-order valence-corrected chi connectivity index (χ2v) is 5.67. The van der Waals surface area contributed by atoms with E-state index in [2.05, 4.69) is 16.3 Å². The van der Waals surface area contributed by atoms with Gasteiger partial charge in [0.2, 0.25) is 0 Å². The molecule has 4 heteroatoms. The molecule has 0 unspecified atom stereocenters. The fourth-order valence-corrected chi connectivity index (χ4v) is 2.97. The molecule has 1 heterocycles. The molecule has 0 atom stereocenters. The summed E-state index contributed by atoms with van der Waals surface area (Å²) in [7, 11) is 0. The molecule has 2 aromatic carbocycles. The van der Waals surface area contributed by atoms with E-state index in [9.17, 15) is 4.39 Å². The summed E-state index contributed by atoms with van der Waals surface area (Å²) >= 11 is 6.07. The zero-order chi connectivity index (χ0) is 14.7. The van der Waals surface area contributed by atoms with Crippen molar-refractivity contribution in [1.29, 1.82) is 0 Å². The van der Waals surface area contributed by atoms with Gasteiger partial charge in [-0.1, -0.05) is 29.8 Å². The summed E-state index contributed by atoms with van der Waals surface area (Å²) < 4.78 is 13.8. The molecule has 0 amide bonds. The van der Waals surface area contributed by atoms with Crippen LogP contribution in [0.1, 0.15) is 18.4 Å². The van der Waals surface area contributed by atoms with Gasteiger partial charge in [0.25, 0.3) is 0 Å². The molecular formula is C17H18ClFN2. The largest absolute Gasteiger partial charge is 0.379 e. The molecule has 0 saturated carbocycles. The number of nitrogens with zero attached hydrogens (tertiary/aromatic N) is 1. The van der Waals surface area contributed by atoms with Gasteiger partial charge in [-0.15, -0.1) is 0 Å². The van der Waals surface area contributed by atoms with Gasteiger partial charge in [0.1, 0.15) is 5.82 Å². The highest BCUT2D eigenvalue weighted by Crippen LogP contribution is 2.29. The van der Waals surface area contributed by atoms with Gasteiger partial charge in [0.15, 0.2) is 0 Å². The van der Waals surface area contributed by atoms with E-state index in [1.165, 1.54) is 24.6 Å². The zero-order valence-electron chi connectivity index (χ0n) is 11.8. The molecule has 3 rings (SSSR count). The highest BCUT2D eigenvalue weighted by atomic mass is 35.5. The van der Waals surface area contributed by atoms with Crippen molar-refractivity contribution in [2.24, 2.45) is 0 Å². The summed E-state index contributed by atoms with van der Waals surface area (Å²) in [6.07, 6.45) is 2.46. The average Bonchev–Trinajstić information content (AvgIpc) is 3.01. The van der Waals surface area contributed by atoms with E-state index in [0.29, 0.717) is 17.1 Å². The minimum absolute atomic E-state index is 0.270. The normalized spacial score (nSPS) is 14.5. The van der Waals surface area contributed by atoms with Crippen LogP contribution in [0.3, 0.4) is 0 Å². The van der Waals surface area contributed by atoms with E-state index in [4.69, 9.17) is 11.6 Å². The van der Waals surface area contributed by atoms with E-state index in [1.54, 1.807) is 12.1 Å². The second kappa shape index (κ2) is 6.35. The highest BCUT2D eigenvalue weighted by molar-refractivity contribution is 6.31. The molecule has 1 aliphatic heterocycles. The lowest BCUT2D eigenvalue weighted by molar-refractivity contribution is 0.613. The minimum atomic E-state index is -0.270.